The number of carboxylic acids is 2. The van der Waals surface area contributed by atoms with Crippen LogP contribution >= 0.6 is 11.8 Å². The fourth-order valence-electron chi connectivity index (χ4n) is 3.60. The van der Waals surface area contributed by atoms with Crippen molar-refractivity contribution in [1.82, 2.24) is 0 Å². The summed E-state index contributed by atoms with van der Waals surface area (Å²) in [7, 11) is 0. The minimum Gasteiger partial charge on any atom is -0.481 e. The van der Waals surface area contributed by atoms with E-state index in [1.54, 1.807) is 0 Å². The van der Waals surface area contributed by atoms with Crippen molar-refractivity contribution >= 4 is 23.7 Å². The molecule has 0 bridgehead atoms. The number of aryl methyl sites for hydroxylation is 1. The van der Waals surface area contributed by atoms with Crippen molar-refractivity contribution in [1.29, 1.82) is 0 Å². The van der Waals surface area contributed by atoms with Crippen molar-refractivity contribution in [3.05, 3.63) is 35.4 Å². The van der Waals surface area contributed by atoms with Gasteiger partial charge in [-0.05, 0) is 24.0 Å². The summed E-state index contributed by atoms with van der Waals surface area (Å²) in [6, 6.07) is 7.62. The molecular formula is C24H38O5S. The van der Waals surface area contributed by atoms with Crippen LogP contribution in [-0.2, 0) is 16.0 Å². The second kappa shape index (κ2) is 16.2. The number of rotatable bonds is 18. The van der Waals surface area contributed by atoms with Crippen molar-refractivity contribution in [2.24, 2.45) is 0 Å². The van der Waals surface area contributed by atoms with E-state index in [4.69, 9.17) is 5.11 Å². The molecule has 0 spiro atoms. The van der Waals surface area contributed by atoms with Gasteiger partial charge in [0.15, 0.2) is 6.10 Å². The first-order valence-electron chi connectivity index (χ1n) is 11.3. The van der Waals surface area contributed by atoms with Crippen LogP contribution in [0.5, 0.6) is 0 Å². The zero-order chi connectivity index (χ0) is 22.2. The highest BCUT2D eigenvalue weighted by molar-refractivity contribution is 7.99. The van der Waals surface area contributed by atoms with Gasteiger partial charge >= 0.3 is 11.9 Å². The lowest BCUT2D eigenvalue weighted by Crippen LogP contribution is -2.27. The van der Waals surface area contributed by atoms with Gasteiger partial charge in [0.2, 0.25) is 0 Å². The molecule has 30 heavy (non-hydrogen) atoms. The Balaban J connectivity index is 2.53. The molecule has 3 N–H and O–H groups in total. The van der Waals surface area contributed by atoms with Gasteiger partial charge in [-0.3, -0.25) is 4.79 Å². The van der Waals surface area contributed by atoms with Gasteiger partial charge in [-0.25, -0.2) is 4.79 Å². The number of thioether (sulfide) groups is 1. The normalized spacial score (nSPS) is 13.1. The monoisotopic (exact) mass is 438 g/mol. The molecule has 1 aromatic carbocycles. The summed E-state index contributed by atoms with van der Waals surface area (Å²) >= 11 is 1.20. The van der Waals surface area contributed by atoms with E-state index in [1.807, 2.05) is 24.3 Å². The summed E-state index contributed by atoms with van der Waals surface area (Å²) in [5.74, 6) is -1.95. The zero-order valence-electron chi connectivity index (χ0n) is 18.2. The summed E-state index contributed by atoms with van der Waals surface area (Å²) in [4.78, 5) is 22.2. The molecule has 1 rings (SSSR count). The van der Waals surface area contributed by atoms with Gasteiger partial charge in [-0.1, -0.05) is 89.0 Å². The average Bonchev–Trinajstić information content (AvgIpc) is 2.72. The maximum absolute atomic E-state index is 11.4. The smallest absolute Gasteiger partial charge is 0.334 e. The number of carboxylic acid groups (broad SMARTS) is 2. The van der Waals surface area contributed by atoms with Crippen LogP contribution in [-0.4, -0.2) is 39.1 Å². The molecule has 2 atom stereocenters. The van der Waals surface area contributed by atoms with E-state index in [0.717, 1.165) is 30.4 Å². The van der Waals surface area contributed by atoms with Crippen LogP contribution in [0.4, 0.5) is 0 Å². The molecule has 0 aliphatic heterocycles. The molecule has 1 aromatic rings. The summed E-state index contributed by atoms with van der Waals surface area (Å²) in [6.45, 7) is 2.23. The van der Waals surface area contributed by atoms with Crippen LogP contribution in [0.3, 0.4) is 0 Å². The van der Waals surface area contributed by atoms with E-state index in [0.29, 0.717) is 0 Å². The van der Waals surface area contributed by atoms with Crippen LogP contribution in [0, 0.1) is 0 Å². The van der Waals surface area contributed by atoms with Crippen LogP contribution in [0.15, 0.2) is 24.3 Å². The number of aliphatic hydroxyl groups is 1. The molecule has 0 aliphatic carbocycles. The largest absolute Gasteiger partial charge is 0.481 e. The molecule has 0 fully saturated rings. The first kappa shape index (κ1) is 26.5. The highest BCUT2D eigenvalue weighted by atomic mass is 32.2. The van der Waals surface area contributed by atoms with Crippen molar-refractivity contribution in [3.8, 4) is 0 Å². The van der Waals surface area contributed by atoms with Crippen LogP contribution in [0.25, 0.3) is 0 Å². The van der Waals surface area contributed by atoms with Gasteiger partial charge in [0.1, 0.15) is 0 Å². The van der Waals surface area contributed by atoms with Crippen molar-refractivity contribution in [2.75, 3.05) is 5.75 Å². The molecule has 0 aromatic heterocycles. The number of aliphatic hydroxyl groups excluding tert-OH is 1. The summed E-state index contributed by atoms with van der Waals surface area (Å²) < 4.78 is 0. The molecule has 0 radical (unpaired) electrons. The zero-order valence-corrected chi connectivity index (χ0v) is 19.0. The van der Waals surface area contributed by atoms with Gasteiger partial charge in [0.25, 0.3) is 0 Å². The fraction of sp³-hybridized carbons (Fsp3) is 0.667. The maximum Gasteiger partial charge on any atom is 0.334 e. The summed E-state index contributed by atoms with van der Waals surface area (Å²) in [6.07, 6.45) is 11.8. The SMILES string of the molecule is CCCCCCCCCCCCc1ccccc1[C@@H](SCCC(=O)O)[C@@H](O)C(=O)O. The third-order valence-corrected chi connectivity index (χ3v) is 6.63. The Hall–Kier alpha value is -1.53. The molecule has 6 heteroatoms. The number of benzene rings is 1. The summed E-state index contributed by atoms with van der Waals surface area (Å²) in [5.41, 5.74) is 1.85. The van der Waals surface area contributed by atoms with Crippen molar-refractivity contribution < 1.29 is 24.9 Å². The first-order valence-corrected chi connectivity index (χ1v) is 12.3. The van der Waals surface area contributed by atoms with Crippen LogP contribution < -0.4 is 0 Å². The quantitative estimate of drug-likeness (QED) is 0.249. The predicted octanol–water partition coefficient (Wildman–Crippen LogP) is 5.84. The highest BCUT2D eigenvalue weighted by Gasteiger charge is 2.29. The van der Waals surface area contributed by atoms with Crippen molar-refractivity contribution in [3.63, 3.8) is 0 Å². The number of carbonyl (C=O) groups is 2. The molecule has 5 nitrogen and oxygen atoms in total. The first-order chi connectivity index (χ1) is 14.5. The molecule has 0 amide bonds. The molecule has 0 heterocycles. The van der Waals surface area contributed by atoms with Crippen LogP contribution in [0.1, 0.15) is 93.9 Å². The number of aliphatic carboxylic acids is 2. The van der Waals surface area contributed by atoms with E-state index in [2.05, 4.69) is 6.92 Å². The Bertz CT molecular complexity index is 619. The highest BCUT2D eigenvalue weighted by Crippen LogP contribution is 2.35. The standard InChI is InChI=1S/C24H38O5S/c1-2-3-4-5-6-7-8-9-10-11-14-19-15-12-13-16-20(19)23(22(27)24(28)29)30-18-17-21(25)26/h12-13,15-16,22-23,27H,2-11,14,17-18H2,1H3,(H,25,26)(H,28,29)/t22-,23-/m1/s1. The van der Waals surface area contributed by atoms with E-state index in [9.17, 15) is 19.8 Å². The van der Waals surface area contributed by atoms with E-state index >= 15 is 0 Å². The molecule has 0 unspecified atom stereocenters. The Kier molecular flexibility index (Phi) is 14.3. The van der Waals surface area contributed by atoms with Gasteiger partial charge in [0.05, 0.1) is 11.7 Å². The Labute approximate surface area is 185 Å². The predicted molar refractivity (Wildman–Crippen MR) is 123 cm³/mol. The lowest BCUT2D eigenvalue weighted by atomic mass is 9.96. The van der Waals surface area contributed by atoms with Gasteiger partial charge in [-0.2, -0.15) is 0 Å². The fourth-order valence-corrected chi connectivity index (χ4v) is 4.85. The third-order valence-electron chi connectivity index (χ3n) is 5.31. The third kappa shape index (κ3) is 11.0. The summed E-state index contributed by atoms with van der Waals surface area (Å²) in [5, 5.41) is 27.7. The number of unbranched alkanes of at least 4 members (excludes halogenated alkanes) is 9. The molecule has 0 saturated carbocycles. The number of hydrogen-bond acceptors (Lipinski definition) is 4. The van der Waals surface area contributed by atoms with E-state index in [1.165, 1.54) is 63.1 Å². The molecule has 0 aliphatic rings. The van der Waals surface area contributed by atoms with E-state index in [-0.39, 0.29) is 12.2 Å². The van der Waals surface area contributed by atoms with Gasteiger partial charge < -0.3 is 15.3 Å². The minimum atomic E-state index is -1.56. The number of hydrogen-bond donors (Lipinski definition) is 3. The second-order valence-corrected chi connectivity index (χ2v) is 9.10. The molecular weight excluding hydrogens is 400 g/mol. The van der Waals surface area contributed by atoms with Crippen molar-refractivity contribution in [2.45, 2.75) is 95.3 Å². The lowest BCUT2D eigenvalue weighted by molar-refractivity contribution is -0.146. The Morgan fingerprint density at radius 3 is 2.03 bits per heavy atom. The van der Waals surface area contributed by atoms with Gasteiger partial charge in [0, 0.05) is 5.75 Å². The van der Waals surface area contributed by atoms with Crippen LogP contribution in [0.2, 0.25) is 0 Å². The molecule has 0 saturated heterocycles. The van der Waals surface area contributed by atoms with E-state index < -0.39 is 23.3 Å². The average molecular weight is 439 g/mol. The molecule has 170 valence electrons. The lowest BCUT2D eigenvalue weighted by Gasteiger charge is -2.22. The topological polar surface area (TPSA) is 94.8 Å². The Morgan fingerprint density at radius 2 is 1.47 bits per heavy atom. The maximum atomic E-state index is 11.4. The van der Waals surface area contributed by atoms with Gasteiger partial charge in [-0.15, -0.1) is 11.8 Å². The minimum absolute atomic E-state index is 0.0614. The Morgan fingerprint density at radius 1 is 0.900 bits per heavy atom. The second-order valence-electron chi connectivity index (χ2n) is 7.85.